The average molecular weight is 246 g/mol. The number of carbonyl (C=O) groups is 2. The Morgan fingerprint density at radius 1 is 1.35 bits per heavy atom. The third kappa shape index (κ3) is 9.62. The number of nitrogens with zero attached hydrogens (tertiary/aromatic N) is 1. The summed E-state index contributed by atoms with van der Waals surface area (Å²) in [6, 6.07) is -0.273. The highest BCUT2D eigenvalue weighted by molar-refractivity contribution is 5.74. The molecule has 0 aliphatic heterocycles. The van der Waals surface area contributed by atoms with E-state index in [-0.39, 0.29) is 19.0 Å². The van der Waals surface area contributed by atoms with Crippen LogP contribution in [0.25, 0.3) is 0 Å². The molecule has 0 bridgehead atoms. The molecule has 0 unspecified atom stereocenters. The predicted octanol–water partition coefficient (Wildman–Crippen LogP) is 0.919. The normalized spacial score (nSPS) is 10.0. The average Bonchev–Trinajstić information content (AvgIpc) is 2.30. The van der Waals surface area contributed by atoms with E-state index in [0.29, 0.717) is 19.8 Å². The number of hydrogen-bond acceptors (Lipinski definition) is 3. The van der Waals surface area contributed by atoms with Crippen molar-refractivity contribution < 1.29 is 19.4 Å². The van der Waals surface area contributed by atoms with E-state index >= 15 is 0 Å². The van der Waals surface area contributed by atoms with E-state index in [4.69, 9.17) is 9.84 Å². The van der Waals surface area contributed by atoms with E-state index in [1.807, 2.05) is 0 Å². The zero-order chi connectivity index (χ0) is 13.1. The number of nitrogens with one attached hydrogen (secondary N) is 1. The van der Waals surface area contributed by atoms with Gasteiger partial charge in [0.15, 0.2) is 0 Å². The summed E-state index contributed by atoms with van der Waals surface area (Å²) in [4.78, 5) is 23.1. The second-order valence-electron chi connectivity index (χ2n) is 3.76. The molecule has 0 aromatic rings. The van der Waals surface area contributed by atoms with Crippen LogP contribution in [-0.4, -0.2) is 55.4 Å². The van der Waals surface area contributed by atoms with Gasteiger partial charge >= 0.3 is 12.0 Å². The quantitative estimate of drug-likeness (QED) is 0.593. The van der Waals surface area contributed by atoms with Crippen molar-refractivity contribution in [1.82, 2.24) is 10.2 Å². The van der Waals surface area contributed by atoms with Gasteiger partial charge in [0.25, 0.3) is 0 Å². The first-order chi connectivity index (χ1) is 8.07. The molecule has 0 aromatic carbocycles. The lowest BCUT2D eigenvalue weighted by atomic mass is 10.4. The van der Waals surface area contributed by atoms with Crippen LogP contribution in [-0.2, 0) is 9.53 Å². The number of amides is 2. The molecule has 0 radical (unpaired) electrons. The maximum absolute atomic E-state index is 11.4. The molecule has 0 aliphatic rings. The van der Waals surface area contributed by atoms with Gasteiger partial charge in [0.05, 0.1) is 13.0 Å². The highest BCUT2D eigenvalue weighted by Gasteiger charge is 2.08. The molecule has 0 heterocycles. The zero-order valence-electron chi connectivity index (χ0n) is 10.6. The predicted molar refractivity (Wildman–Crippen MR) is 64.0 cm³/mol. The lowest BCUT2D eigenvalue weighted by Gasteiger charge is -2.16. The maximum atomic E-state index is 11.4. The zero-order valence-corrected chi connectivity index (χ0v) is 10.6. The van der Waals surface area contributed by atoms with E-state index in [9.17, 15) is 9.59 Å². The van der Waals surface area contributed by atoms with Crippen molar-refractivity contribution in [3.05, 3.63) is 0 Å². The van der Waals surface area contributed by atoms with Crippen LogP contribution >= 0.6 is 0 Å². The van der Waals surface area contributed by atoms with E-state index in [2.05, 4.69) is 12.2 Å². The first-order valence-corrected chi connectivity index (χ1v) is 5.86. The standard InChI is InChI=1S/C11H22N2O4/c1-3-4-8-17-9-6-12-11(16)13(2)7-5-10(14)15/h3-9H2,1-2H3,(H,12,16)(H,14,15). The van der Waals surface area contributed by atoms with Crippen LogP contribution < -0.4 is 5.32 Å². The molecule has 0 saturated heterocycles. The van der Waals surface area contributed by atoms with Gasteiger partial charge in [-0.05, 0) is 6.42 Å². The number of urea groups is 1. The number of ether oxygens (including phenoxy) is 1. The fourth-order valence-corrected chi connectivity index (χ4v) is 1.08. The van der Waals surface area contributed by atoms with Crippen molar-refractivity contribution in [3.63, 3.8) is 0 Å². The van der Waals surface area contributed by atoms with E-state index < -0.39 is 5.97 Å². The number of rotatable bonds is 9. The Morgan fingerprint density at radius 2 is 2.06 bits per heavy atom. The summed E-state index contributed by atoms with van der Waals surface area (Å²) in [5, 5.41) is 11.1. The molecule has 6 heteroatoms. The Labute approximate surface area is 102 Å². The molecule has 17 heavy (non-hydrogen) atoms. The lowest BCUT2D eigenvalue weighted by molar-refractivity contribution is -0.137. The summed E-state index contributed by atoms with van der Waals surface area (Å²) in [7, 11) is 1.57. The Kier molecular flexibility index (Phi) is 9.14. The molecular weight excluding hydrogens is 224 g/mol. The summed E-state index contributed by atoms with van der Waals surface area (Å²) in [6.45, 7) is 3.93. The summed E-state index contributed by atoms with van der Waals surface area (Å²) in [5.74, 6) is -0.910. The maximum Gasteiger partial charge on any atom is 0.317 e. The van der Waals surface area contributed by atoms with Crippen LogP contribution in [0.3, 0.4) is 0 Å². The number of carboxylic acids is 1. The third-order valence-corrected chi connectivity index (χ3v) is 2.17. The first kappa shape index (κ1) is 15.7. The topological polar surface area (TPSA) is 78.9 Å². The molecule has 0 fully saturated rings. The molecule has 0 aliphatic carbocycles. The number of carbonyl (C=O) groups excluding carboxylic acids is 1. The van der Waals surface area contributed by atoms with Crippen molar-refractivity contribution in [1.29, 1.82) is 0 Å². The van der Waals surface area contributed by atoms with E-state index in [0.717, 1.165) is 12.8 Å². The van der Waals surface area contributed by atoms with Crippen molar-refractivity contribution in [2.75, 3.05) is 33.4 Å². The second kappa shape index (κ2) is 9.89. The summed E-state index contributed by atoms with van der Waals surface area (Å²) in [5.41, 5.74) is 0. The molecule has 0 rings (SSSR count). The smallest absolute Gasteiger partial charge is 0.317 e. The molecule has 2 amide bonds. The van der Waals surface area contributed by atoms with Gasteiger partial charge in [0.1, 0.15) is 0 Å². The number of carboxylic acid groups (broad SMARTS) is 1. The highest BCUT2D eigenvalue weighted by atomic mass is 16.5. The largest absolute Gasteiger partial charge is 0.481 e. The van der Waals surface area contributed by atoms with Crippen LogP contribution in [0, 0.1) is 0 Å². The molecule has 0 saturated carbocycles. The van der Waals surface area contributed by atoms with E-state index in [1.54, 1.807) is 7.05 Å². The molecule has 0 atom stereocenters. The summed E-state index contributed by atoms with van der Waals surface area (Å²) in [6.07, 6.45) is 2.06. The minimum atomic E-state index is -0.910. The van der Waals surface area contributed by atoms with Crippen molar-refractivity contribution in [3.8, 4) is 0 Å². The van der Waals surface area contributed by atoms with Gasteiger partial charge in [-0.1, -0.05) is 13.3 Å². The fourth-order valence-electron chi connectivity index (χ4n) is 1.08. The molecule has 0 spiro atoms. The Balaban J connectivity index is 3.47. The van der Waals surface area contributed by atoms with Gasteiger partial charge in [-0.2, -0.15) is 0 Å². The molecule has 2 N–H and O–H groups in total. The molecule has 6 nitrogen and oxygen atoms in total. The van der Waals surface area contributed by atoms with Crippen LogP contribution in [0.2, 0.25) is 0 Å². The third-order valence-electron chi connectivity index (χ3n) is 2.17. The van der Waals surface area contributed by atoms with Crippen molar-refractivity contribution in [2.24, 2.45) is 0 Å². The molecule has 0 aromatic heterocycles. The van der Waals surface area contributed by atoms with Gasteiger partial charge < -0.3 is 20.1 Å². The van der Waals surface area contributed by atoms with Gasteiger partial charge in [0.2, 0.25) is 0 Å². The van der Waals surface area contributed by atoms with Crippen LogP contribution in [0.1, 0.15) is 26.2 Å². The molecular formula is C11H22N2O4. The monoisotopic (exact) mass is 246 g/mol. The fraction of sp³-hybridized carbons (Fsp3) is 0.818. The molecule has 100 valence electrons. The van der Waals surface area contributed by atoms with Gasteiger partial charge in [-0.3, -0.25) is 4.79 Å². The highest BCUT2D eigenvalue weighted by Crippen LogP contribution is 1.89. The Hall–Kier alpha value is -1.30. The SMILES string of the molecule is CCCCOCCNC(=O)N(C)CCC(=O)O. The Bertz CT molecular complexity index is 234. The summed E-state index contributed by atoms with van der Waals surface area (Å²) < 4.78 is 5.28. The van der Waals surface area contributed by atoms with Crippen LogP contribution in [0.4, 0.5) is 4.79 Å². The van der Waals surface area contributed by atoms with Crippen LogP contribution in [0.5, 0.6) is 0 Å². The second-order valence-corrected chi connectivity index (χ2v) is 3.76. The van der Waals surface area contributed by atoms with Crippen molar-refractivity contribution in [2.45, 2.75) is 26.2 Å². The van der Waals surface area contributed by atoms with Gasteiger partial charge in [0, 0.05) is 26.7 Å². The minimum Gasteiger partial charge on any atom is -0.481 e. The summed E-state index contributed by atoms with van der Waals surface area (Å²) >= 11 is 0. The number of hydrogen-bond donors (Lipinski definition) is 2. The van der Waals surface area contributed by atoms with Crippen molar-refractivity contribution >= 4 is 12.0 Å². The van der Waals surface area contributed by atoms with E-state index in [1.165, 1.54) is 4.90 Å². The lowest BCUT2D eigenvalue weighted by Crippen LogP contribution is -2.39. The van der Waals surface area contributed by atoms with Crippen LogP contribution in [0.15, 0.2) is 0 Å². The minimum absolute atomic E-state index is 0.0447. The van der Waals surface area contributed by atoms with Gasteiger partial charge in [-0.15, -0.1) is 0 Å². The Morgan fingerprint density at radius 3 is 2.65 bits per heavy atom. The van der Waals surface area contributed by atoms with Gasteiger partial charge in [-0.25, -0.2) is 4.79 Å². The number of aliphatic carboxylic acids is 1. The number of unbranched alkanes of at least 4 members (excludes halogenated alkanes) is 1. The first-order valence-electron chi connectivity index (χ1n) is 5.86.